The highest BCUT2D eigenvalue weighted by atomic mass is 19.4. The van der Waals surface area contributed by atoms with Gasteiger partial charge in [-0.2, -0.15) is 39.5 Å². The smallest absolute Gasteiger partial charge is 0.416 e. The summed E-state index contributed by atoms with van der Waals surface area (Å²) in [6.45, 7) is 5.05. The molecule has 1 aliphatic rings. The Morgan fingerprint density at radius 3 is 1.88 bits per heavy atom. The molecule has 0 aliphatic carbocycles. The number of anilines is 1. The van der Waals surface area contributed by atoms with E-state index in [1.54, 1.807) is 20.8 Å². The number of carbonyl (C=O) groups excluding carboxylic acids is 2. The molecule has 14 heteroatoms. The van der Waals surface area contributed by atoms with Crippen LogP contribution in [0.1, 0.15) is 74.4 Å². The summed E-state index contributed by atoms with van der Waals surface area (Å²) in [5, 5.41) is 0. The number of hydrogen-bond acceptors (Lipinski definition) is 3. The summed E-state index contributed by atoms with van der Waals surface area (Å²) < 4.78 is 127. The third-order valence-corrected chi connectivity index (χ3v) is 6.62. The molecule has 0 spiro atoms. The molecule has 2 aromatic rings. The van der Waals surface area contributed by atoms with Crippen molar-refractivity contribution in [1.29, 1.82) is 0 Å². The number of ether oxygens (including phenoxy) is 1. The van der Waals surface area contributed by atoms with Crippen molar-refractivity contribution in [2.75, 3.05) is 4.90 Å². The quantitative estimate of drug-likeness (QED) is 0.325. The maximum absolute atomic E-state index is 13.7. The first-order valence-electron chi connectivity index (χ1n) is 12.5. The Bertz CT molecular complexity index is 1250. The summed E-state index contributed by atoms with van der Waals surface area (Å²) in [5.41, 5.74) is -4.99. The van der Waals surface area contributed by atoms with Crippen molar-refractivity contribution >= 4 is 17.7 Å². The molecule has 0 bridgehead atoms. The van der Waals surface area contributed by atoms with Gasteiger partial charge in [-0.25, -0.2) is 4.79 Å². The zero-order valence-electron chi connectivity index (χ0n) is 22.3. The minimum absolute atomic E-state index is 0.0157. The van der Waals surface area contributed by atoms with Crippen molar-refractivity contribution in [3.8, 4) is 0 Å². The van der Waals surface area contributed by atoms with Gasteiger partial charge in [0, 0.05) is 19.5 Å². The lowest BCUT2D eigenvalue weighted by atomic mass is 9.87. The van der Waals surface area contributed by atoms with E-state index in [4.69, 9.17) is 4.74 Å². The van der Waals surface area contributed by atoms with Gasteiger partial charge in [-0.1, -0.05) is 6.92 Å². The van der Waals surface area contributed by atoms with Crippen LogP contribution in [-0.4, -0.2) is 29.0 Å². The van der Waals surface area contributed by atoms with Gasteiger partial charge in [0.05, 0.1) is 34.5 Å². The van der Waals surface area contributed by atoms with E-state index in [-0.39, 0.29) is 30.2 Å². The molecule has 0 radical (unpaired) electrons. The monoisotopic (exact) mass is 598 g/mol. The fraction of sp³-hybridized carbons (Fsp3) is 0.481. The fourth-order valence-corrected chi connectivity index (χ4v) is 4.80. The Labute approximate surface area is 229 Å². The minimum atomic E-state index is -5.14. The number of benzene rings is 2. The molecule has 0 fully saturated rings. The second kappa shape index (κ2) is 11.4. The van der Waals surface area contributed by atoms with Crippen molar-refractivity contribution in [2.45, 2.75) is 83.8 Å². The summed E-state index contributed by atoms with van der Waals surface area (Å²) in [4.78, 5) is 27.9. The van der Waals surface area contributed by atoms with Gasteiger partial charge in [-0.3, -0.25) is 9.69 Å². The van der Waals surface area contributed by atoms with Crippen LogP contribution in [0.25, 0.3) is 0 Å². The molecule has 41 heavy (non-hydrogen) atoms. The molecular formula is C27H27F9N2O3. The van der Waals surface area contributed by atoms with E-state index in [0.29, 0.717) is 12.1 Å². The molecule has 2 aromatic carbocycles. The van der Waals surface area contributed by atoms with Crippen LogP contribution in [0.3, 0.4) is 0 Å². The molecular weight excluding hydrogens is 571 g/mol. The molecule has 1 aliphatic heterocycles. The zero-order chi connectivity index (χ0) is 31.1. The first-order chi connectivity index (χ1) is 18.7. The Kier molecular flexibility index (Phi) is 8.95. The maximum Gasteiger partial charge on any atom is 0.416 e. The van der Waals surface area contributed by atoms with Gasteiger partial charge >= 0.3 is 24.6 Å². The summed E-state index contributed by atoms with van der Waals surface area (Å²) >= 11 is 0. The first-order valence-corrected chi connectivity index (χ1v) is 12.5. The lowest BCUT2D eigenvalue weighted by Crippen LogP contribution is -2.49. The van der Waals surface area contributed by atoms with Crippen molar-refractivity contribution < 1.29 is 53.8 Å². The second-order valence-corrected chi connectivity index (χ2v) is 9.95. The molecule has 0 N–H and O–H groups in total. The standard InChI is InChI=1S/C27H27F9N2O3/c1-5-20-12-23(21-11-17(25(28,29)30)6-7-22(21)38(20)24(40)41-14(2)3)37(15(4)39)13-16-8-18(26(31,32)33)10-19(9-16)27(34,35)36/h6-11,14,20,23H,5,12-13H2,1-4H3/t20-,23+/m1/s1. The number of carbonyl (C=O) groups is 2. The van der Waals surface area contributed by atoms with E-state index in [2.05, 4.69) is 0 Å². The molecule has 0 saturated carbocycles. The summed E-state index contributed by atoms with van der Waals surface area (Å²) in [7, 11) is 0. The Morgan fingerprint density at radius 1 is 0.902 bits per heavy atom. The van der Waals surface area contributed by atoms with Crippen LogP contribution in [0.2, 0.25) is 0 Å². The van der Waals surface area contributed by atoms with Gasteiger partial charge in [0.2, 0.25) is 5.91 Å². The van der Waals surface area contributed by atoms with Crippen molar-refractivity contribution in [1.82, 2.24) is 4.90 Å². The summed E-state index contributed by atoms with van der Waals surface area (Å²) in [5.74, 6) is -0.808. The van der Waals surface area contributed by atoms with Crippen LogP contribution in [-0.2, 0) is 34.6 Å². The number of alkyl halides is 9. The number of hydrogen-bond donors (Lipinski definition) is 0. The number of nitrogens with zero attached hydrogens (tertiary/aromatic N) is 2. The lowest BCUT2D eigenvalue weighted by molar-refractivity contribution is -0.143. The predicted molar refractivity (Wildman–Crippen MR) is 130 cm³/mol. The van der Waals surface area contributed by atoms with Crippen LogP contribution < -0.4 is 4.90 Å². The fourth-order valence-electron chi connectivity index (χ4n) is 4.80. The minimum Gasteiger partial charge on any atom is -0.446 e. The van der Waals surface area contributed by atoms with Crippen LogP contribution >= 0.6 is 0 Å². The third-order valence-electron chi connectivity index (χ3n) is 6.62. The molecule has 0 saturated heterocycles. The number of rotatable bonds is 5. The molecule has 5 nitrogen and oxygen atoms in total. The van der Waals surface area contributed by atoms with Gasteiger partial charge in [-0.05, 0) is 74.2 Å². The predicted octanol–water partition coefficient (Wildman–Crippen LogP) is 8.37. The second-order valence-electron chi connectivity index (χ2n) is 9.95. The van der Waals surface area contributed by atoms with Crippen LogP contribution in [0.5, 0.6) is 0 Å². The van der Waals surface area contributed by atoms with Gasteiger partial charge in [0.15, 0.2) is 0 Å². The molecule has 0 aromatic heterocycles. The van der Waals surface area contributed by atoms with Crippen LogP contribution in [0.15, 0.2) is 36.4 Å². The van der Waals surface area contributed by atoms with E-state index in [0.717, 1.165) is 34.9 Å². The Morgan fingerprint density at radius 2 is 1.44 bits per heavy atom. The normalized spacial score (nSPS) is 17.9. The SMILES string of the molecule is CC[C@@H]1C[C@H](N(Cc2cc(C(F)(F)F)cc(C(F)(F)F)c2)C(C)=O)c2cc(C(F)(F)F)ccc2N1C(=O)OC(C)C. The van der Waals surface area contributed by atoms with E-state index in [9.17, 15) is 49.1 Å². The summed E-state index contributed by atoms with van der Waals surface area (Å²) in [6.07, 6.45) is -16.4. The number of fused-ring (bicyclic) bond motifs is 1. The topological polar surface area (TPSA) is 49.9 Å². The largest absolute Gasteiger partial charge is 0.446 e. The number of amides is 2. The Hall–Kier alpha value is -3.45. The molecule has 226 valence electrons. The molecule has 2 amide bonds. The van der Waals surface area contributed by atoms with E-state index in [1.807, 2.05) is 0 Å². The van der Waals surface area contributed by atoms with Gasteiger partial charge in [-0.15, -0.1) is 0 Å². The van der Waals surface area contributed by atoms with Crippen molar-refractivity contribution in [3.63, 3.8) is 0 Å². The molecule has 0 unspecified atom stereocenters. The van der Waals surface area contributed by atoms with Gasteiger partial charge < -0.3 is 9.64 Å². The molecule has 1 heterocycles. The highest BCUT2D eigenvalue weighted by molar-refractivity contribution is 5.91. The third kappa shape index (κ3) is 7.25. The van der Waals surface area contributed by atoms with Crippen LogP contribution in [0, 0.1) is 0 Å². The maximum atomic E-state index is 13.7. The van der Waals surface area contributed by atoms with Crippen molar-refractivity contribution in [3.05, 3.63) is 64.2 Å². The highest BCUT2D eigenvalue weighted by Gasteiger charge is 2.42. The van der Waals surface area contributed by atoms with E-state index < -0.39 is 77.5 Å². The lowest BCUT2D eigenvalue weighted by Gasteiger charge is -2.44. The summed E-state index contributed by atoms with van der Waals surface area (Å²) in [6, 6.07) is 1.44. The van der Waals surface area contributed by atoms with E-state index >= 15 is 0 Å². The number of halogens is 9. The molecule has 3 rings (SSSR count). The van der Waals surface area contributed by atoms with Crippen molar-refractivity contribution in [2.24, 2.45) is 0 Å². The van der Waals surface area contributed by atoms with Gasteiger partial charge in [0.1, 0.15) is 0 Å². The highest BCUT2D eigenvalue weighted by Crippen LogP contribution is 2.45. The average Bonchev–Trinajstić information content (AvgIpc) is 2.83. The van der Waals surface area contributed by atoms with Gasteiger partial charge in [0.25, 0.3) is 0 Å². The first kappa shape index (κ1) is 32.1. The van der Waals surface area contributed by atoms with Crippen LogP contribution in [0.4, 0.5) is 50.0 Å². The Balaban J connectivity index is 2.20. The molecule has 2 atom stereocenters. The van der Waals surface area contributed by atoms with E-state index in [1.165, 1.54) is 0 Å². The zero-order valence-corrected chi connectivity index (χ0v) is 22.3. The average molecular weight is 599 g/mol.